The van der Waals surface area contributed by atoms with Gasteiger partial charge in [-0.1, -0.05) is 12.1 Å². The molecule has 0 atom stereocenters. The van der Waals surface area contributed by atoms with Gasteiger partial charge in [-0.25, -0.2) is 8.42 Å². The van der Waals surface area contributed by atoms with Gasteiger partial charge in [0.2, 0.25) is 10.0 Å². The maximum Gasteiger partial charge on any atom is 0.262 e. The molecule has 0 unspecified atom stereocenters. The van der Waals surface area contributed by atoms with Crippen molar-refractivity contribution < 1.29 is 13.2 Å². The van der Waals surface area contributed by atoms with Gasteiger partial charge in [0.05, 0.1) is 6.26 Å². The van der Waals surface area contributed by atoms with Crippen molar-refractivity contribution >= 4 is 27.7 Å². The summed E-state index contributed by atoms with van der Waals surface area (Å²) in [4.78, 5) is 12.5. The molecule has 1 aliphatic carbocycles. The van der Waals surface area contributed by atoms with Crippen LogP contribution in [0.25, 0.3) is 6.08 Å². The number of sulfonamides is 1. The topological polar surface area (TPSA) is 104 Å². The maximum absolute atomic E-state index is 12.5. The summed E-state index contributed by atoms with van der Waals surface area (Å²) in [7, 11) is -3.38. The second-order valence-corrected chi connectivity index (χ2v) is 9.10. The molecule has 1 aromatic heterocycles. The maximum atomic E-state index is 12.5. The van der Waals surface area contributed by atoms with Crippen molar-refractivity contribution in [3.8, 4) is 6.07 Å². The van der Waals surface area contributed by atoms with E-state index in [0.29, 0.717) is 11.7 Å². The number of carbonyl (C=O) groups excluding carboxylic acids is 1. The lowest BCUT2D eigenvalue weighted by molar-refractivity contribution is -0.117. The van der Waals surface area contributed by atoms with Crippen molar-refractivity contribution in [3.05, 3.63) is 58.4 Å². The van der Waals surface area contributed by atoms with Crippen molar-refractivity contribution in [3.63, 3.8) is 0 Å². The number of aryl methyl sites for hydroxylation is 1. The van der Waals surface area contributed by atoms with Crippen LogP contribution in [0, 0.1) is 25.2 Å². The summed E-state index contributed by atoms with van der Waals surface area (Å²) in [6.07, 6.45) is 5.03. The zero-order valence-corrected chi connectivity index (χ0v) is 17.5. The Balaban J connectivity index is 1.71. The van der Waals surface area contributed by atoms with Gasteiger partial charge in [0, 0.05) is 29.7 Å². The van der Waals surface area contributed by atoms with Gasteiger partial charge in [-0.05, 0) is 62.1 Å². The van der Waals surface area contributed by atoms with Gasteiger partial charge in [0.15, 0.2) is 0 Å². The lowest BCUT2D eigenvalue weighted by atomic mass is 10.1. The summed E-state index contributed by atoms with van der Waals surface area (Å²) in [5, 5.41) is 12.2. The van der Waals surface area contributed by atoms with Crippen LogP contribution in [0.2, 0.25) is 0 Å². The monoisotopic (exact) mass is 412 g/mol. The quantitative estimate of drug-likeness (QED) is 0.539. The first-order valence-electron chi connectivity index (χ1n) is 9.33. The number of nitrogens with one attached hydrogen (secondary N) is 2. The summed E-state index contributed by atoms with van der Waals surface area (Å²) in [5.41, 5.74) is 4.24. The molecule has 0 bridgehead atoms. The summed E-state index contributed by atoms with van der Waals surface area (Å²) in [6.45, 7) is 4.22. The third kappa shape index (κ3) is 5.27. The number of carbonyl (C=O) groups is 1. The third-order valence-corrected chi connectivity index (χ3v) is 5.39. The Labute approximate surface area is 171 Å². The van der Waals surface area contributed by atoms with E-state index in [1.807, 2.05) is 26.0 Å². The standard InChI is InChI=1S/C21H24N4O3S/c1-14-9-17(15(2)25(14)20-7-8-20)11-18(12-22)21(26)23-13-16-5-4-6-19(10-16)24-29(3,27)28/h4-6,9-11,20,24H,7-8,13H2,1-3H3,(H,23,26)/b18-11+. The Bertz CT molecular complexity index is 1120. The average Bonchev–Trinajstić information content (AvgIpc) is 3.42. The first-order chi connectivity index (χ1) is 13.7. The van der Waals surface area contributed by atoms with Crippen LogP contribution in [0.4, 0.5) is 5.69 Å². The van der Waals surface area contributed by atoms with E-state index in [-0.39, 0.29) is 12.1 Å². The molecule has 1 heterocycles. The summed E-state index contributed by atoms with van der Waals surface area (Å²) in [6, 6.07) is 11.2. The molecule has 2 N–H and O–H groups in total. The molecule has 0 spiro atoms. The fourth-order valence-corrected chi connectivity index (χ4v) is 3.94. The van der Waals surface area contributed by atoms with Gasteiger partial charge in [-0.3, -0.25) is 9.52 Å². The van der Waals surface area contributed by atoms with Gasteiger partial charge < -0.3 is 9.88 Å². The summed E-state index contributed by atoms with van der Waals surface area (Å²) < 4.78 is 27.4. The average molecular weight is 413 g/mol. The van der Waals surface area contributed by atoms with Gasteiger partial charge in [0.25, 0.3) is 5.91 Å². The molecular weight excluding hydrogens is 388 g/mol. The lowest BCUT2D eigenvalue weighted by Crippen LogP contribution is -2.24. The molecule has 7 nitrogen and oxygen atoms in total. The molecule has 3 rings (SSSR count). The highest BCUT2D eigenvalue weighted by atomic mass is 32.2. The second-order valence-electron chi connectivity index (χ2n) is 7.35. The number of hydrogen-bond donors (Lipinski definition) is 2. The van der Waals surface area contributed by atoms with Crippen molar-refractivity contribution in [2.75, 3.05) is 11.0 Å². The molecular formula is C21H24N4O3S. The number of nitrogens with zero attached hydrogens (tertiary/aromatic N) is 2. The Kier molecular flexibility index (Phi) is 5.80. The number of anilines is 1. The highest BCUT2D eigenvalue weighted by molar-refractivity contribution is 7.92. The molecule has 1 fully saturated rings. The summed E-state index contributed by atoms with van der Waals surface area (Å²) in [5.74, 6) is -0.467. The zero-order chi connectivity index (χ0) is 21.2. The van der Waals surface area contributed by atoms with Crippen LogP contribution in [-0.2, 0) is 21.4 Å². The molecule has 0 saturated heterocycles. The van der Waals surface area contributed by atoms with Crippen molar-refractivity contribution in [1.82, 2.24) is 9.88 Å². The first-order valence-corrected chi connectivity index (χ1v) is 11.2. The van der Waals surface area contributed by atoms with Crippen molar-refractivity contribution in [2.24, 2.45) is 0 Å². The van der Waals surface area contributed by atoms with E-state index in [2.05, 4.69) is 14.6 Å². The van der Waals surface area contributed by atoms with E-state index in [4.69, 9.17) is 0 Å². The molecule has 2 aromatic rings. The van der Waals surface area contributed by atoms with Crippen LogP contribution in [0.3, 0.4) is 0 Å². The highest BCUT2D eigenvalue weighted by Gasteiger charge is 2.26. The van der Waals surface area contributed by atoms with Gasteiger partial charge in [-0.15, -0.1) is 0 Å². The van der Waals surface area contributed by atoms with E-state index >= 15 is 0 Å². The van der Waals surface area contributed by atoms with Gasteiger partial charge >= 0.3 is 0 Å². The predicted octanol–water partition coefficient (Wildman–Crippen LogP) is 3.03. The number of amides is 1. The van der Waals surface area contributed by atoms with E-state index < -0.39 is 15.9 Å². The number of hydrogen-bond acceptors (Lipinski definition) is 4. The highest BCUT2D eigenvalue weighted by Crippen LogP contribution is 2.38. The Morgan fingerprint density at radius 3 is 2.66 bits per heavy atom. The molecule has 1 aliphatic rings. The van der Waals surface area contributed by atoms with Crippen LogP contribution >= 0.6 is 0 Å². The molecule has 1 saturated carbocycles. The zero-order valence-electron chi connectivity index (χ0n) is 16.7. The van der Waals surface area contributed by atoms with Crippen LogP contribution < -0.4 is 10.0 Å². The van der Waals surface area contributed by atoms with Crippen LogP contribution in [0.5, 0.6) is 0 Å². The second kappa shape index (κ2) is 8.13. The fraction of sp³-hybridized carbons (Fsp3) is 0.333. The number of benzene rings is 1. The lowest BCUT2D eigenvalue weighted by Gasteiger charge is -2.08. The van der Waals surface area contributed by atoms with E-state index in [1.54, 1.807) is 30.3 Å². The predicted molar refractivity (Wildman–Crippen MR) is 113 cm³/mol. The fourth-order valence-electron chi connectivity index (χ4n) is 3.38. The molecule has 1 aromatic carbocycles. The van der Waals surface area contributed by atoms with E-state index in [1.165, 1.54) is 12.8 Å². The number of aromatic nitrogens is 1. The van der Waals surface area contributed by atoms with Crippen LogP contribution in [0.1, 0.15) is 41.4 Å². The minimum Gasteiger partial charge on any atom is -0.347 e. The molecule has 0 aliphatic heterocycles. The van der Waals surface area contributed by atoms with E-state index in [9.17, 15) is 18.5 Å². The molecule has 152 valence electrons. The molecule has 8 heteroatoms. The SMILES string of the molecule is Cc1cc(/C=C(\C#N)C(=O)NCc2cccc(NS(C)(=O)=O)c2)c(C)n1C1CC1. The largest absolute Gasteiger partial charge is 0.347 e. The summed E-state index contributed by atoms with van der Waals surface area (Å²) >= 11 is 0. The van der Waals surface area contributed by atoms with E-state index in [0.717, 1.165) is 28.8 Å². The molecule has 1 amide bonds. The minimum atomic E-state index is -3.38. The van der Waals surface area contributed by atoms with Crippen LogP contribution in [-0.4, -0.2) is 25.1 Å². The number of nitriles is 1. The first kappa shape index (κ1) is 20.7. The normalized spacial score (nSPS) is 14.3. The Hall–Kier alpha value is -3.05. The van der Waals surface area contributed by atoms with Crippen LogP contribution in [0.15, 0.2) is 35.9 Å². The Morgan fingerprint density at radius 2 is 2.03 bits per heavy atom. The smallest absolute Gasteiger partial charge is 0.262 e. The van der Waals surface area contributed by atoms with Gasteiger partial charge in [0.1, 0.15) is 11.6 Å². The Morgan fingerprint density at radius 1 is 1.31 bits per heavy atom. The molecule has 0 radical (unpaired) electrons. The minimum absolute atomic E-state index is 0.0338. The van der Waals surface area contributed by atoms with Crippen molar-refractivity contribution in [1.29, 1.82) is 5.26 Å². The van der Waals surface area contributed by atoms with Crippen molar-refractivity contribution in [2.45, 2.75) is 39.3 Å². The third-order valence-electron chi connectivity index (χ3n) is 4.78. The number of rotatable bonds is 7. The van der Waals surface area contributed by atoms with Gasteiger partial charge in [-0.2, -0.15) is 5.26 Å². The molecule has 29 heavy (non-hydrogen) atoms.